The van der Waals surface area contributed by atoms with Gasteiger partial charge in [-0.3, -0.25) is 0 Å². The van der Waals surface area contributed by atoms with Crippen LogP contribution in [-0.4, -0.2) is 3.21 Å². The molecule has 0 aromatic heterocycles. The Labute approximate surface area is 261 Å². The van der Waals surface area contributed by atoms with Gasteiger partial charge in [0.25, 0.3) is 0 Å². The Morgan fingerprint density at radius 3 is 1.77 bits per heavy atom. The van der Waals surface area contributed by atoms with Gasteiger partial charge in [0.2, 0.25) is 0 Å². The molecule has 0 heterocycles. The summed E-state index contributed by atoms with van der Waals surface area (Å²) in [6, 6.07) is 34.9. The molecule has 0 atom stereocenters. The van der Waals surface area contributed by atoms with Gasteiger partial charge in [0.1, 0.15) is 0 Å². The van der Waals surface area contributed by atoms with E-state index in [1.54, 1.807) is 15.3 Å². The number of hydrogen-bond acceptors (Lipinski definition) is 0. The molecule has 6 rings (SSSR count). The van der Waals surface area contributed by atoms with Crippen LogP contribution >= 0.6 is 0 Å². The molecule has 0 fully saturated rings. The van der Waals surface area contributed by atoms with Crippen molar-refractivity contribution in [2.45, 2.75) is 81.4 Å². The summed E-state index contributed by atoms with van der Waals surface area (Å²) in [5.41, 5.74) is 13.2. The van der Waals surface area contributed by atoms with E-state index in [4.69, 9.17) is 0 Å². The third-order valence-corrected chi connectivity index (χ3v) is 26.2. The summed E-state index contributed by atoms with van der Waals surface area (Å²) >= 11 is -4.38. The Kier molecular flexibility index (Phi) is 7.25. The van der Waals surface area contributed by atoms with Crippen molar-refractivity contribution < 1.29 is 18.3 Å². The van der Waals surface area contributed by atoms with E-state index >= 15 is 0 Å². The Morgan fingerprint density at radius 2 is 1.26 bits per heavy atom. The van der Waals surface area contributed by atoms with Crippen molar-refractivity contribution in [2.24, 2.45) is 0 Å². The number of fused-ring (bicyclic) bond motifs is 3. The average Bonchev–Trinajstić information content (AvgIpc) is 3.56. The molecule has 43 heavy (non-hydrogen) atoms. The van der Waals surface area contributed by atoms with Gasteiger partial charge in [0.05, 0.1) is 0 Å². The topological polar surface area (TPSA) is 0 Å². The van der Waals surface area contributed by atoms with E-state index in [0.717, 1.165) is 12.8 Å². The monoisotopic (exact) mass is 642 g/mol. The Morgan fingerprint density at radius 1 is 0.674 bits per heavy atom. The van der Waals surface area contributed by atoms with Crippen molar-refractivity contribution >= 4 is 6.48 Å². The maximum absolute atomic E-state index is 4.38. The molecular weight excluding hydrogens is 596 g/mol. The molecule has 0 saturated heterocycles. The van der Waals surface area contributed by atoms with E-state index in [-0.39, 0.29) is 10.8 Å². The van der Waals surface area contributed by atoms with Gasteiger partial charge in [-0.25, -0.2) is 0 Å². The third kappa shape index (κ3) is 4.97. The molecule has 0 spiro atoms. The van der Waals surface area contributed by atoms with Gasteiger partial charge in [-0.1, -0.05) is 0 Å². The van der Waals surface area contributed by atoms with Crippen molar-refractivity contribution in [1.29, 1.82) is 0 Å². The van der Waals surface area contributed by atoms with Crippen LogP contribution in [0.5, 0.6) is 0 Å². The summed E-state index contributed by atoms with van der Waals surface area (Å²) in [5.74, 6) is 0. The van der Waals surface area contributed by atoms with Crippen LogP contribution in [0.3, 0.4) is 0 Å². The van der Waals surface area contributed by atoms with E-state index in [1.807, 2.05) is 0 Å². The van der Waals surface area contributed by atoms with Gasteiger partial charge in [-0.2, -0.15) is 0 Å². The van der Waals surface area contributed by atoms with Crippen molar-refractivity contribution in [2.75, 3.05) is 0 Å². The number of allylic oxidation sites excluding steroid dienone is 4. The van der Waals surface area contributed by atoms with Gasteiger partial charge in [-0.05, 0) is 0 Å². The molecule has 4 aromatic rings. The van der Waals surface area contributed by atoms with E-state index in [0.29, 0.717) is 0 Å². The van der Waals surface area contributed by atoms with Gasteiger partial charge >= 0.3 is 263 Å². The zero-order valence-corrected chi connectivity index (χ0v) is 30.2. The third-order valence-electron chi connectivity index (χ3n) is 10.4. The maximum atomic E-state index is 2.75. The van der Waals surface area contributed by atoms with Crippen LogP contribution in [0, 0.1) is 0 Å². The van der Waals surface area contributed by atoms with Crippen LogP contribution in [-0.2, 0) is 35.5 Å². The molecule has 2 aliphatic rings. The van der Waals surface area contributed by atoms with E-state index in [2.05, 4.69) is 161 Å². The average molecular weight is 644 g/mol. The van der Waals surface area contributed by atoms with Gasteiger partial charge in [0.15, 0.2) is 0 Å². The van der Waals surface area contributed by atoms with Crippen LogP contribution in [0.2, 0.25) is 9.26 Å². The molecule has 0 amide bonds. The molecule has 0 bridgehead atoms. The van der Waals surface area contributed by atoms with Crippen molar-refractivity contribution in [1.82, 2.24) is 0 Å². The summed E-state index contributed by atoms with van der Waals surface area (Å²) in [4.78, 5) is 0. The molecule has 0 radical (unpaired) electrons. The Hall–Kier alpha value is -2.89. The minimum atomic E-state index is -4.38. The fourth-order valence-corrected chi connectivity index (χ4v) is 24.6. The van der Waals surface area contributed by atoms with Gasteiger partial charge < -0.3 is 0 Å². The predicted octanol–water partition coefficient (Wildman–Crippen LogP) is 10.8. The molecule has 0 N–H and O–H groups in total. The Bertz CT molecular complexity index is 1820. The number of hydrogen-bond donors (Lipinski definition) is 0. The summed E-state index contributed by atoms with van der Waals surface area (Å²) in [6.45, 7) is 16.5. The second-order valence-corrected chi connectivity index (χ2v) is 31.6. The van der Waals surface area contributed by atoms with Crippen LogP contribution in [0.15, 0.2) is 112 Å². The molecule has 1 heteroatoms. The molecule has 4 aromatic carbocycles. The molecule has 0 unspecified atom stereocenters. The van der Waals surface area contributed by atoms with E-state index in [9.17, 15) is 0 Å². The second-order valence-electron chi connectivity index (χ2n) is 15.9. The minimum absolute atomic E-state index is 0.0109. The van der Waals surface area contributed by atoms with Gasteiger partial charge in [0, 0.05) is 0 Å². The SMILES string of the molecule is CC1=CC[C]([Zr]([CH3])([CH3])(=[C](c2ccccc2)c2ccccc2)[c]2c(C(C)(C)C)ccc3c2Cc2cc(C(C)(C)C)ccc2-3)=C1. The molecule has 0 nitrogen and oxygen atoms in total. The summed E-state index contributed by atoms with van der Waals surface area (Å²) in [6.07, 6.45) is 7.09. The van der Waals surface area contributed by atoms with Crippen molar-refractivity contribution in [3.05, 3.63) is 145 Å². The first-order valence-electron chi connectivity index (χ1n) is 16.1. The fraction of sp³-hybridized carbons (Fsp3) is 0.310. The van der Waals surface area contributed by atoms with Crippen LogP contribution in [0.1, 0.15) is 88.3 Å². The zero-order chi connectivity index (χ0) is 30.8. The molecule has 2 aliphatic carbocycles. The standard InChI is InChI=1S/C21H25.C13H10.C6H7.2CH3.Zr/c1-20(2,3)16-7-9-18-14(12-16)11-15-13-17(21(4,5)6)8-10-19(15)18;1-3-7-12(8-4-1)11-13-9-5-2-6-10-13;1-6-4-2-3-5-6;;;/h7-10,12H,11H2,1-6H3;1-10H;4-5H,2H2,1H3;2*1H3;. The van der Waals surface area contributed by atoms with E-state index in [1.165, 1.54) is 44.5 Å². The molecule has 0 aliphatic heterocycles. The zero-order valence-electron chi connectivity index (χ0n) is 27.7. The van der Waals surface area contributed by atoms with Gasteiger partial charge in [-0.15, -0.1) is 0 Å². The quantitative estimate of drug-likeness (QED) is 0.183. The summed E-state index contributed by atoms with van der Waals surface area (Å²) in [5, 5.41) is 0. The second kappa shape index (κ2) is 10.3. The molecule has 0 saturated carbocycles. The van der Waals surface area contributed by atoms with E-state index < -0.39 is 18.3 Å². The number of benzene rings is 4. The number of rotatable bonds is 4. The van der Waals surface area contributed by atoms with Crippen LogP contribution in [0.4, 0.5) is 0 Å². The predicted molar refractivity (Wildman–Crippen MR) is 186 cm³/mol. The first-order chi connectivity index (χ1) is 20.2. The fourth-order valence-electron chi connectivity index (χ4n) is 8.10. The van der Waals surface area contributed by atoms with Crippen LogP contribution < -0.4 is 3.27 Å². The first-order valence-corrected chi connectivity index (χ1v) is 24.7. The van der Waals surface area contributed by atoms with Crippen molar-refractivity contribution in [3.8, 4) is 11.1 Å². The molecule has 220 valence electrons. The van der Waals surface area contributed by atoms with Crippen LogP contribution in [0.25, 0.3) is 11.1 Å². The summed E-state index contributed by atoms with van der Waals surface area (Å²) < 4.78 is 10.5. The summed E-state index contributed by atoms with van der Waals surface area (Å²) in [7, 11) is 0. The first kappa shape index (κ1) is 30.2. The normalized spacial score (nSPS) is 15.1. The van der Waals surface area contributed by atoms with Crippen molar-refractivity contribution in [3.63, 3.8) is 0 Å². The molecular formula is C42H48Zr. The Balaban J connectivity index is 1.83.